The largest absolute Gasteiger partial charge is 0.467 e. The Kier molecular flexibility index (Phi) is 6.60. The number of ketones is 2. The van der Waals surface area contributed by atoms with E-state index in [1.807, 2.05) is 6.08 Å². The van der Waals surface area contributed by atoms with Crippen LogP contribution in [0.25, 0.3) is 0 Å². The number of hydrogen-bond acceptors (Lipinski definition) is 9. The van der Waals surface area contributed by atoms with Crippen LogP contribution in [-0.2, 0) is 19.1 Å². The molecule has 0 saturated heterocycles. The summed E-state index contributed by atoms with van der Waals surface area (Å²) in [7, 11) is 2.36. The number of hydrogen-bond donors (Lipinski definition) is 1. The lowest BCUT2D eigenvalue weighted by molar-refractivity contribution is -0.163. The summed E-state index contributed by atoms with van der Waals surface area (Å²) >= 11 is 0. The smallest absolute Gasteiger partial charge is 0.357 e. The number of benzene rings is 2. The van der Waals surface area contributed by atoms with Gasteiger partial charge in [-0.2, -0.15) is 5.10 Å². The number of carbonyl (C=O) groups excluding carboxylic acids is 4. The predicted octanol–water partition coefficient (Wildman–Crippen LogP) is 2.60. The van der Waals surface area contributed by atoms with Crippen molar-refractivity contribution in [2.24, 2.45) is 5.10 Å². The summed E-state index contributed by atoms with van der Waals surface area (Å²) in [6, 6.07) is 12.8. The highest BCUT2D eigenvalue weighted by Gasteiger charge is 2.65. The summed E-state index contributed by atoms with van der Waals surface area (Å²) in [5.41, 5.74) is 0.122. The minimum atomic E-state index is -1.84. The van der Waals surface area contributed by atoms with Crippen molar-refractivity contribution in [3.8, 4) is 0 Å². The molecule has 9 nitrogen and oxygen atoms in total. The Morgan fingerprint density at radius 3 is 1.83 bits per heavy atom. The molecule has 1 N–H and O–H groups in total. The molecular formula is C27H26N2O7. The van der Waals surface area contributed by atoms with Gasteiger partial charge in [0.25, 0.3) is 0 Å². The maximum Gasteiger partial charge on any atom is 0.357 e. The molecule has 4 rings (SSSR count). The van der Waals surface area contributed by atoms with Crippen molar-refractivity contribution in [2.45, 2.75) is 37.5 Å². The molecule has 2 aromatic rings. The van der Waals surface area contributed by atoms with Gasteiger partial charge in [0.15, 0.2) is 22.8 Å². The highest BCUT2D eigenvalue weighted by Crippen LogP contribution is 2.50. The van der Waals surface area contributed by atoms with E-state index in [4.69, 9.17) is 9.47 Å². The number of esters is 2. The second-order valence-electron chi connectivity index (χ2n) is 8.70. The van der Waals surface area contributed by atoms with Crippen LogP contribution >= 0.6 is 0 Å². The zero-order chi connectivity index (χ0) is 26.2. The number of nitrogens with zero attached hydrogens (tertiary/aromatic N) is 2. The minimum absolute atomic E-state index is 0.0960. The maximum atomic E-state index is 13.5. The van der Waals surface area contributed by atoms with E-state index < -0.39 is 35.5 Å². The van der Waals surface area contributed by atoms with E-state index in [-0.39, 0.29) is 17.3 Å². The molecule has 4 unspecified atom stereocenters. The van der Waals surface area contributed by atoms with Crippen LogP contribution in [0.2, 0.25) is 0 Å². The van der Waals surface area contributed by atoms with Gasteiger partial charge in [0, 0.05) is 17.0 Å². The number of ether oxygens (including phenoxy) is 2. The molecule has 2 aliphatic heterocycles. The zero-order valence-electron chi connectivity index (χ0n) is 20.3. The molecule has 2 aliphatic rings. The molecule has 2 heterocycles. The zero-order valence-corrected chi connectivity index (χ0v) is 20.3. The van der Waals surface area contributed by atoms with Crippen LogP contribution in [0.5, 0.6) is 0 Å². The normalized spacial score (nSPS) is 24.5. The Morgan fingerprint density at radius 1 is 0.833 bits per heavy atom. The third-order valence-corrected chi connectivity index (χ3v) is 6.74. The fraction of sp³-hybridized carbons (Fsp3) is 0.296. The fourth-order valence-electron chi connectivity index (χ4n) is 4.85. The van der Waals surface area contributed by atoms with Gasteiger partial charge in [0.2, 0.25) is 0 Å². The van der Waals surface area contributed by atoms with Gasteiger partial charge in [0.1, 0.15) is 6.10 Å². The van der Waals surface area contributed by atoms with Gasteiger partial charge >= 0.3 is 11.9 Å². The highest BCUT2D eigenvalue weighted by atomic mass is 16.5. The number of aliphatic hydroxyl groups is 1. The van der Waals surface area contributed by atoms with E-state index in [1.165, 1.54) is 26.0 Å². The van der Waals surface area contributed by atoms with Gasteiger partial charge in [-0.25, -0.2) is 9.59 Å². The first-order chi connectivity index (χ1) is 17.2. The van der Waals surface area contributed by atoms with Crippen LogP contribution in [0, 0.1) is 0 Å². The van der Waals surface area contributed by atoms with Gasteiger partial charge in [-0.05, 0) is 25.0 Å². The topological polar surface area (TPSA) is 123 Å². The van der Waals surface area contributed by atoms with Crippen molar-refractivity contribution in [1.82, 2.24) is 5.01 Å². The molecule has 36 heavy (non-hydrogen) atoms. The quantitative estimate of drug-likeness (QED) is 0.373. The van der Waals surface area contributed by atoms with Crippen LogP contribution in [0.1, 0.15) is 57.7 Å². The number of Topliss-reactive ketones (excluding diaryl/α,β-unsaturated/α-hetero) is 2. The lowest BCUT2D eigenvalue weighted by Crippen LogP contribution is -2.64. The Bertz CT molecular complexity index is 1280. The Hall–Kier alpha value is -4.11. The molecular weight excluding hydrogens is 464 g/mol. The van der Waals surface area contributed by atoms with Gasteiger partial charge < -0.3 is 14.6 Å². The van der Waals surface area contributed by atoms with Crippen molar-refractivity contribution >= 4 is 29.2 Å². The number of aliphatic hydroxyl groups excluding tert-OH is 1. The predicted molar refractivity (Wildman–Crippen MR) is 130 cm³/mol. The SMILES string of the molecule is COC(=O)C1=NN2C(c3ccc(C(C)=O)cc3)C=CC(c3ccc(C(C)=O)cc3)C2(C(=O)OC)C1O. The van der Waals surface area contributed by atoms with E-state index in [0.717, 1.165) is 7.11 Å². The Balaban J connectivity index is 1.92. The Labute approximate surface area is 208 Å². The summed E-state index contributed by atoms with van der Waals surface area (Å²) in [5, 5.41) is 17.3. The molecule has 0 bridgehead atoms. The minimum Gasteiger partial charge on any atom is -0.467 e. The standard InChI is InChI=1S/C27H26N2O7/c1-15(30)17-5-9-19(10-6-17)21-13-14-22(20-11-7-18(8-12-20)16(2)31)29-27(21,26(34)36-4)24(32)23(28-29)25(33)35-3/h5-14,21-22,24,32H,1-4H3. The van der Waals surface area contributed by atoms with E-state index >= 15 is 0 Å². The average Bonchev–Trinajstić information content (AvgIpc) is 3.21. The first-order valence-corrected chi connectivity index (χ1v) is 11.3. The Morgan fingerprint density at radius 2 is 1.36 bits per heavy atom. The molecule has 0 saturated carbocycles. The molecule has 0 aromatic heterocycles. The summed E-state index contributed by atoms with van der Waals surface area (Å²) in [6.45, 7) is 2.91. The number of rotatable bonds is 6. The van der Waals surface area contributed by atoms with E-state index in [1.54, 1.807) is 54.6 Å². The monoisotopic (exact) mass is 490 g/mol. The lowest BCUT2D eigenvalue weighted by Gasteiger charge is -2.47. The average molecular weight is 491 g/mol. The van der Waals surface area contributed by atoms with Crippen molar-refractivity contribution < 1.29 is 33.8 Å². The van der Waals surface area contributed by atoms with Crippen LogP contribution in [0.4, 0.5) is 0 Å². The summed E-state index contributed by atoms with van der Waals surface area (Å²) < 4.78 is 10.0. The second kappa shape index (κ2) is 9.50. The van der Waals surface area contributed by atoms with Crippen LogP contribution in [0.3, 0.4) is 0 Å². The first kappa shape index (κ1) is 25.0. The second-order valence-corrected chi connectivity index (χ2v) is 8.70. The van der Waals surface area contributed by atoms with Crippen molar-refractivity contribution in [3.05, 3.63) is 82.9 Å². The van der Waals surface area contributed by atoms with E-state index in [0.29, 0.717) is 22.3 Å². The molecule has 0 radical (unpaired) electrons. The summed E-state index contributed by atoms with van der Waals surface area (Å²) in [4.78, 5) is 49.6. The lowest BCUT2D eigenvalue weighted by atomic mass is 9.70. The number of fused-ring (bicyclic) bond motifs is 1. The molecule has 2 aromatic carbocycles. The summed E-state index contributed by atoms with van der Waals surface area (Å²) in [5.74, 6) is -2.68. The number of methoxy groups -OCH3 is 2. The summed E-state index contributed by atoms with van der Waals surface area (Å²) in [6.07, 6.45) is 1.89. The molecule has 186 valence electrons. The number of carbonyl (C=O) groups is 4. The molecule has 9 heteroatoms. The first-order valence-electron chi connectivity index (χ1n) is 11.3. The molecule has 0 aliphatic carbocycles. The third-order valence-electron chi connectivity index (χ3n) is 6.74. The molecule has 0 spiro atoms. The molecule has 0 fully saturated rings. The van der Waals surface area contributed by atoms with E-state index in [9.17, 15) is 24.3 Å². The van der Waals surface area contributed by atoms with Crippen LogP contribution in [0.15, 0.2) is 65.8 Å². The fourth-order valence-corrected chi connectivity index (χ4v) is 4.85. The number of hydrazone groups is 1. The highest BCUT2D eigenvalue weighted by molar-refractivity contribution is 6.39. The van der Waals surface area contributed by atoms with Crippen molar-refractivity contribution in [2.75, 3.05) is 14.2 Å². The van der Waals surface area contributed by atoms with Crippen LogP contribution < -0.4 is 0 Å². The van der Waals surface area contributed by atoms with Gasteiger partial charge in [-0.3, -0.25) is 14.6 Å². The van der Waals surface area contributed by atoms with E-state index in [2.05, 4.69) is 5.10 Å². The molecule has 4 atom stereocenters. The molecule has 0 amide bonds. The maximum absolute atomic E-state index is 13.5. The van der Waals surface area contributed by atoms with Gasteiger partial charge in [0.05, 0.1) is 20.3 Å². The van der Waals surface area contributed by atoms with Crippen molar-refractivity contribution in [1.29, 1.82) is 0 Å². The van der Waals surface area contributed by atoms with Crippen LogP contribution in [-0.4, -0.2) is 65.2 Å². The van der Waals surface area contributed by atoms with Gasteiger partial charge in [-0.15, -0.1) is 0 Å². The third kappa shape index (κ3) is 3.81. The van der Waals surface area contributed by atoms with Gasteiger partial charge in [-0.1, -0.05) is 60.7 Å². The van der Waals surface area contributed by atoms with Crippen molar-refractivity contribution in [3.63, 3.8) is 0 Å².